The molecule has 0 saturated carbocycles. The minimum absolute atomic E-state index is 0.0208. The number of ether oxygens (including phenoxy) is 4. The molecule has 2 aromatic heterocycles. The first-order valence-corrected chi connectivity index (χ1v) is 14.4. The van der Waals surface area contributed by atoms with E-state index in [0.717, 1.165) is 50.8 Å². The zero-order chi connectivity index (χ0) is 30.2. The summed E-state index contributed by atoms with van der Waals surface area (Å²) in [5.41, 5.74) is 6.67. The van der Waals surface area contributed by atoms with E-state index in [1.807, 2.05) is 73.7 Å². The van der Waals surface area contributed by atoms with Crippen molar-refractivity contribution in [1.82, 2.24) is 14.7 Å². The van der Waals surface area contributed by atoms with Crippen LogP contribution >= 0.6 is 0 Å². The van der Waals surface area contributed by atoms with Gasteiger partial charge in [0.05, 0.1) is 39.3 Å². The Morgan fingerprint density at radius 3 is 2.33 bits per heavy atom. The Balaban J connectivity index is 1.38. The summed E-state index contributed by atoms with van der Waals surface area (Å²) in [6.07, 6.45) is 3.60. The van der Waals surface area contributed by atoms with Crippen molar-refractivity contribution in [2.45, 2.75) is 26.2 Å². The smallest absolute Gasteiger partial charge is 0.220 e. The lowest BCUT2D eigenvalue weighted by Crippen LogP contribution is -2.26. The largest absolute Gasteiger partial charge is 0.497 e. The number of fused-ring (bicyclic) bond motifs is 1. The molecule has 43 heavy (non-hydrogen) atoms. The molecule has 0 unspecified atom stereocenters. The van der Waals surface area contributed by atoms with Crippen molar-refractivity contribution in [2.24, 2.45) is 0 Å². The van der Waals surface area contributed by atoms with E-state index in [0.29, 0.717) is 43.9 Å². The fourth-order valence-corrected chi connectivity index (χ4v) is 5.14. The van der Waals surface area contributed by atoms with Crippen LogP contribution in [-0.4, -0.2) is 49.8 Å². The van der Waals surface area contributed by atoms with E-state index < -0.39 is 0 Å². The first kappa shape index (κ1) is 29.5. The molecular formula is C35H37N3O5. The van der Waals surface area contributed by atoms with E-state index >= 15 is 0 Å². The normalized spacial score (nSPS) is 10.9. The second kappa shape index (κ2) is 13.8. The van der Waals surface area contributed by atoms with Gasteiger partial charge in [-0.25, -0.2) is 4.98 Å². The van der Waals surface area contributed by atoms with Gasteiger partial charge in [0.1, 0.15) is 17.1 Å². The summed E-state index contributed by atoms with van der Waals surface area (Å²) < 4.78 is 24.0. The molecule has 1 amide bonds. The molecule has 0 spiro atoms. The summed E-state index contributed by atoms with van der Waals surface area (Å²) in [6.45, 7) is 3.10. The summed E-state index contributed by atoms with van der Waals surface area (Å²) in [5.74, 6) is 2.91. The summed E-state index contributed by atoms with van der Waals surface area (Å²) in [5, 5.41) is 3.07. The second-order valence-electron chi connectivity index (χ2n) is 10.0. The Kier molecular flexibility index (Phi) is 9.46. The molecule has 5 rings (SSSR count). The average Bonchev–Trinajstić information content (AvgIpc) is 3.41. The Hall–Kier alpha value is -4.98. The molecule has 1 N–H and O–H groups in total. The topological polar surface area (TPSA) is 83.3 Å². The van der Waals surface area contributed by atoms with Gasteiger partial charge >= 0.3 is 0 Å². The van der Waals surface area contributed by atoms with Crippen LogP contribution in [0.15, 0.2) is 85.1 Å². The van der Waals surface area contributed by atoms with Crippen LogP contribution in [-0.2, 0) is 17.6 Å². The van der Waals surface area contributed by atoms with Crippen molar-refractivity contribution < 1.29 is 23.7 Å². The summed E-state index contributed by atoms with van der Waals surface area (Å²) in [4.78, 5) is 18.0. The van der Waals surface area contributed by atoms with Crippen LogP contribution in [0.5, 0.6) is 23.0 Å². The number of hydrogen-bond donors (Lipinski definition) is 1. The third kappa shape index (κ3) is 6.92. The Morgan fingerprint density at radius 1 is 0.791 bits per heavy atom. The first-order valence-electron chi connectivity index (χ1n) is 14.4. The zero-order valence-electron chi connectivity index (χ0n) is 25.1. The first-order chi connectivity index (χ1) is 21.0. The lowest BCUT2D eigenvalue weighted by Gasteiger charge is -2.11. The number of pyridine rings is 1. The monoisotopic (exact) mass is 579 g/mol. The maximum atomic E-state index is 13.0. The quantitative estimate of drug-likeness (QED) is 0.174. The fraction of sp³-hybridized carbons (Fsp3) is 0.257. The zero-order valence-corrected chi connectivity index (χ0v) is 25.1. The number of hydrogen-bond acceptors (Lipinski definition) is 6. The van der Waals surface area contributed by atoms with Gasteiger partial charge in [-0.15, -0.1) is 0 Å². The second-order valence-corrected chi connectivity index (χ2v) is 10.0. The number of rotatable bonds is 13. The lowest BCUT2D eigenvalue weighted by atomic mass is 10.1. The number of imidazole rings is 1. The van der Waals surface area contributed by atoms with Crippen LogP contribution in [0, 0.1) is 0 Å². The van der Waals surface area contributed by atoms with E-state index in [1.165, 1.54) is 0 Å². The van der Waals surface area contributed by atoms with Gasteiger partial charge in [0.2, 0.25) is 5.91 Å². The minimum atomic E-state index is -0.0208. The fourth-order valence-electron chi connectivity index (χ4n) is 5.14. The van der Waals surface area contributed by atoms with Gasteiger partial charge in [0.15, 0.2) is 11.5 Å². The van der Waals surface area contributed by atoms with E-state index in [1.54, 1.807) is 21.3 Å². The molecular weight excluding hydrogens is 542 g/mol. The molecule has 8 nitrogen and oxygen atoms in total. The number of nitrogens with one attached hydrogen (secondary N) is 1. The van der Waals surface area contributed by atoms with Gasteiger partial charge in [-0.3, -0.25) is 4.79 Å². The summed E-state index contributed by atoms with van der Waals surface area (Å²) in [6, 6.07) is 25.8. The van der Waals surface area contributed by atoms with Crippen molar-refractivity contribution in [1.29, 1.82) is 0 Å². The number of nitrogens with zero attached hydrogens (tertiary/aromatic N) is 2. The molecule has 0 fully saturated rings. The molecule has 0 atom stereocenters. The van der Waals surface area contributed by atoms with Crippen LogP contribution in [0.1, 0.15) is 24.6 Å². The molecule has 0 radical (unpaired) electrons. The molecule has 3 aromatic carbocycles. The van der Waals surface area contributed by atoms with Crippen LogP contribution < -0.4 is 24.3 Å². The van der Waals surface area contributed by atoms with Crippen LogP contribution in [0.3, 0.4) is 0 Å². The highest BCUT2D eigenvalue weighted by atomic mass is 16.5. The standard InChI is InChI=1S/C35H37N3O5/c1-5-43-29-11-6-8-25(21-29)27-13-16-33-37-35(26-9-7-10-28(22-26)40-2)30(38(33)23-27)14-17-34(39)36-19-18-24-12-15-31(41-3)32(20-24)42-4/h6-13,15-16,20-23H,5,14,17-19H2,1-4H3,(H,36,39). The predicted octanol–water partition coefficient (Wildman–Crippen LogP) is 6.38. The molecule has 0 saturated heterocycles. The van der Waals surface area contributed by atoms with Gasteiger partial charge < -0.3 is 28.7 Å². The van der Waals surface area contributed by atoms with Gasteiger partial charge in [-0.2, -0.15) is 0 Å². The number of methoxy groups -OCH3 is 3. The number of aromatic nitrogens is 2. The third-order valence-electron chi connectivity index (χ3n) is 7.31. The molecule has 0 aliphatic rings. The number of benzene rings is 3. The van der Waals surface area contributed by atoms with Crippen molar-refractivity contribution in [3.05, 3.63) is 96.3 Å². The molecule has 5 aromatic rings. The predicted molar refractivity (Wildman–Crippen MR) is 168 cm³/mol. The number of carbonyl (C=O) groups excluding carboxylic acids is 1. The number of aryl methyl sites for hydroxylation is 1. The van der Waals surface area contributed by atoms with Crippen LogP contribution in [0.25, 0.3) is 28.0 Å². The molecule has 0 aliphatic carbocycles. The number of carbonyl (C=O) groups is 1. The highest BCUT2D eigenvalue weighted by Gasteiger charge is 2.17. The molecule has 0 bridgehead atoms. The van der Waals surface area contributed by atoms with Crippen LogP contribution in [0.2, 0.25) is 0 Å². The third-order valence-corrected chi connectivity index (χ3v) is 7.31. The van der Waals surface area contributed by atoms with Gasteiger partial charge in [0, 0.05) is 24.7 Å². The van der Waals surface area contributed by atoms with E-state index in [4.69, 9.17) is 23.9 Å². The van der Waals surface area contributed by atoms with Gasteiger partial charge in [-0.05, 0) is 85.0 Å². The van der Waals surface area contributed by atoms with Crippen LogP contribution in [0.4, 0.5) is 0 Å². The lowest BCUT2D eigenvalue weighted by molar-refractivity contribution is -0.121. The highest BCUT2D eigenvalue weighted by Crippen LogP contribution is 2.31. The maximum Gasteiger partial charge on any atom is 0.220 e. The Bertz CT molecular complexity index is 1710. The Morgan fingerprint density at radius 2 is 1.56 bits per heavy atom. The maximum absolute atomic E-state index is 13.0. The van der Waals surface area contributed by atoms with E-state index in [2.05, 4.69) is 28.0 Å². The van der Waals surface area contributed by atoms with Crippen molar-refractivity contribution in [3.63, 3.8) is 0 Å². The summed E-state index contributed by atoms with van der Waals surface area (Å²) >= 11 is 0. The van der Waals surface area contributed by atoms with Gasteiger partial charge in [-0.1, -0.05) is 30.3 Å². The number of amides is 1. The average molecular weight is 580 g/mol. The van der Waals surface area contributed by atoms with E-state index in [-0.39, 0.29) is 5.91 Å². The molecule has 2 heterocycles. The van der Waals surface area contributed by atoms with E-state index in [9.17, 15) is 4.79 Å². The SMILES string of the molecule is CCOc1cccc(-c2ccc3nc(-c4cccc(OC)c4)c(CCC(=O)NCCc4ccc(OC)c(OC)c4)n3c2)c1. The van der Waals surface area contributed by atoms with Crippen molar-refractivity contribution in [3.8, 4) is 45.4 Å². The summed E-state index contributed by atoms with van der Waals surface area (Å²) in [7, 11) is 4.88. The van der Waals surface area contributed by atoms with Crippen molar-refractivity contribution >= 4 is 11.6 Å². The van der Waals surface area contributed by atoms with Crippen molar-refractivity contribution in [2.75, 3.05) is 34.5 Å². The molecule has 0 aliphatic heterocycles. The minimum Gasteiger partial charge on any atom is -0.497 e. The highest BCUT2D eigenvalue weighted by molar-refractivity contribution is 5.77. The Labute approximate surface area is 252 Å². The van der Waals surface area contributed by atoms with Gasteiger partial charge in [0.25, 0.3) is 0 Å². The molecule has 8 heteroatoms. The molecule has 222 valence electrons.